The Labute approximate surface area is 228 Å². The van der Waals surface area contributed by atoms with E-state index in [1.165, 1.54) is 11.1 Å². The third-order valence-corrected chi connectivity index (χ3v) is 8.21. The minimum atomic E-state index is -0.0565. The molecular formula is C30H33N5O2S. The molecule has 3 aromatic rings. The topological polar surface area (TPSA) is 78.4 Å². The SMILES string of the molecule is Cc1ccc(NC(=S)Nc2cc(C(=O)NC3CC3)ccc2N2C[C@H]3C[C@@H](C2)c2cccc(=O)n2C3)cc1C. The van der Waals surface area contributed by atoms with Crippen molar-refractivity contribution in [2.45, 2.75) is 51.6 Å². The van der Waals surface area contributed by atoms with Gasteiger partial charge in [0.1, 0.15) is 0 Å². The fourth-order valence-electron chi connectivity index (χ4n) is 5.75. The predicted octanol–water partition coefficient (Wildman–Crippen LogP) is 4.79. The summed E-state index contributed by atoms with van der Waals surface area (Å²) in [6.45, 7) is 6.55. The second kappa shape index (κ2) is 9.91. The fraction of sp³-hybridized carbons (Fsp3) is 0.367. The highest BCUT2D eigenvalue weighted by molar-refractivity contribution is 7.80. The summed E-state index contributed by atoms with van der Waals surface area (Å²) < 4.78 is 1.95. The Hall–Kier alpha value is -3.65. The number of anilines is 3. The monoisotopic (exact) mass is 527 g/mol. The molecule has 0 spiro atoms. The number of hydrogen-bond acceptors (Lipinski definition) is 4. The van der Waals surface area contributed by atoms with Crippen molar-refractivity contribution < 1.29 is 4.79 Å². The number of hydrogen-bond donors (Lipinski definition) is 3. The number of carbonyl (C=O) groups is 1. The maximum atomic E-state index is 12.9. The normalized spacial score (nSPS) is 19.9. The van der Waals surface area contributed by atoms with E-state index in [9.17, 15) is 9.59 Å². The molecule has 196 valence electrons. The molecule has 1 saturated heterocycles. The van der Waals surface area contributed by atoms with Crippen molar-refractivity contribution in [3.05, 3.63) is 87.3 Å². The highest BCUT2D eigenvalue weighted by atomic mass is 32.1. The highest BCUT2D eigenvalue weighted by Crippen LogP contribution is 2.39. The Kier molecular flexibility index (Phi) is 6.43. The van der Waals surface area contributed by atoms with Crippen LogP contribution in [-0.4, -0.2) is 34.7 Å². The van der Waals surface area contributed by atoms with Crippen LogP contribution in [0.25, 0.3) is 0 Å². The van der Waals surface area contributed by atoms with Gasteiger partial charge < -0.3 is 25.4 Å². The maximum Gasteiger partial charge on any atom is 0.251 e. The number of thiocarbonyl (C=S) groups is 1. The summed E-state index contributed by atoms with van der Waals surface area (Å²) in [7, 11) is 0. The van der Waals surface area contributed by atoms with Crippen LogP contribution in [0.4, 0.5) is 17.1 Å². The van der Waals surface area contributed by atoms with Gasteiger partial charge in [0, 0.05) is 54.6 Å². The minimum absolute atomic E-state index is 0.0565. The van der Waals surface area contributed by atoms with Crippen molar-refractivity contribution in [3.63, 3.8) is 0 Å². The molecule has 6 rings (SSSR count). The summed E-state index contributed by atoms with van der Waals surface area (Å²) >= 11 is 5.71. The first-order valence-electron chi connectivity index (χ1n) is 13.4. The van der Waals surface area contributed by atoms with Gasteiger partial charge >= 0.3 is 0 Å². The van der Waals surface area contributed by atoms with Crippen molar-refractivity contribution in [1.29, 1.82) is 0 Å². The van der Waals surface area contributed by atoms with E-state index in [-0.39, 0.29) is 23.4 Å². The molecular weight excluding hydrogens is 494 g/mol. The smallest absolute Gasteiger partial charge is 0.251 e. The number of nitrogens with zero attached hydrogens (tertiary/aromatic N) is 2. The molecule has 7 nitrogen and oxygen atoms in total. The molecule has 3 heterocycles. The number of aryl methyl sites for hydroxylation is 2. The molecule has 2 aliphatic heterocycles. The average molecular weight is 528 g/mol. The van der Waals surface area contributed by atoms with Gasteiger partial charge in [-0.3, -0.25) is 9.59 Å². The fourth-order valence-corrected chi connectivity index (χ4v) is 5.97. The molecule has 1 aliphatic carbocycles. The van der Waals surface area contributed by atoms with Crippen LogP contribution in [0.5, 0.6) is 0 Å². The lowest BCUT2D eigenvalue weighted by Gasteiger charge is -2.44. The highest BCUT2D eigenvalue weighted by Gasteiger charge is 2.35. The molecule has 2 aromatic carbocycles. The largest absolute Gasteiger partial charge is 0.369 e. The molecule has 38 heavy (non-hydrogen) atoms. The molecule has 3 aliphatic rings. The lowest BCUT2D eigenvalue weighted by Crippen LogP contribution is -2.47. The number of rotatable bonds is 5. The molecule has 8 heteroatoms. The van der Waals surface area contributed by atoms with E-state index in [1.54, 1.807) is 6.07 Å². The van der Waals surface area contributed by atoms with Crippen LogP contribution in [0.2, 0.25) is 0 Å². The van der Waals surface area contributed by atoms with Gasteiger partial charge in [-0.05, 0) is 98.8 Å². The number of fused-ring (bicyclic) bond motifs is 4. The van der Waals surface area contributed by atoms with Crippen molar-refractivity contribution in [3.8, 4) is 0 Å². The number of carbonyl (C=O) groups excluding carboxylic acids is 1. The van der Waals surface area contributed by atoms with Gasteiger partial charge in [0.2, 0.25) is 0 Å². The molecule has 1 saturated carbocycles. The molecule has 2 atom stereocenters. The quantitative estimate of drug-likeness (QED) is 0.414. The lowest BCUT2D eigenvalue weighted by atomic mass is 9.83. The van der Waals surface area contributed by atoms with Crippen LogP contribution in [0, 0.1) is 19.8 Å². The molecule has 2 fully saturated rings. The van der Waals surface area contributed by atoms with Gasteiger partial charge in [0.15, 0.2) is 5.11 Å². The van der Waals surface area contributed by atoms with E-state index in [1.807, 2.05) is 34.9 Å². The number of aromatic nitrogens is 1. The molecule has 0 unspecified atom stereocenters. The third kappa shape index (κ3) is 5.05. The first kappa shape index (κ1) is 24.7. The first-order valence-corrected chi connectivity index (χ1v) is 13.8. The Morgan fingerprint density at radius 2 is 1.79 bits per heavy atom. The Balaban J connectivity index is 1.28. The molecule has 0 radical (unpaired) electrons. The zero-order valence-corrected chi connectivity index (χ0v) is 22.6. The van der Waals surface area contributed by atoms with E-state index in [0.717, 1.165) is 61.7 Å². The summed E-state index contributed by atoms with van der Waals surface area (Å²) in [6, 6.07) is 17.9. The Morgan fingerprint density at radius 1 is 0.947 bits per heavy atom. The van der Waals surface area contributed by atoms with E-state index < -0.39 is 0 Å². The summed E-state index contributed by atoms with van der Waals surface area (Å²) in [5, 5.41) is 10.3. The number of amides is 1. The standard InChI is InChI=1S/C30H33N5O2S/c1-18-6-8-24(12-19(18)2)32-30(38)33-25-14-21(29(37)31-23-9-10-23)7-11-27(25)34-15-20-13-22(17-34)26-4-3-5-28(36)35(26)16-20/h3-8,11-12,14,20,22-23H,9-10,13,15-17H2,1-2H3,(H,31,37)(H2,32,33,38)/t20-,22+/m1/s1. The van der Waals surface area contributed by atoms with Crippen LogP contribution in [0.1, 0.15) is 52.4 Å². The molecule has 1 aromatic heterocycles. The molecule has 3 N–H and O–H groups in total. The number of piperidine rings is 1. The summed E-state index contributed by atoms with van der Waals surface area (Å²) in [5.74, 6) is 0.606. The van der Waals surface area contributed by atoms with Gasteiger partial charge in [-0.25, -0.2) is 0 Å². The molecule has 1 amide bonds. The van der Waals surface area contributed by atoms with Gasteiger partial charge in [-0.2, -0.15) is 0 Å². The predicted molar refractivity (Wildman–Crippen MR) is 156 cm³/mol. The van der Waals surface area contributed by atoms with Gasteiger partial charge in [-0.1, -0.05) is 12.1 Å². The average Bonchev–Trinajstić information content (AvgIpc) is 3.71. The van der Waals surface area contributed by atoms with Crippen LogP contribution in [0.3, 0.4) is 0 Å². The van der Waals surface area contributed by atoms with E-state index in [4.69, 9.17) is 12.2 Å². The van der Waals surface area contributed by atoms with Crippen molar-refractivity contribution in [1.82, 2.24) is 9.88 Å². The third-order valence-electron chi connectivity index (χ3n) is 8.00. The second-order valence-corrected chi connectivity index (χ2v) is 11.4. The van der Waals surface area contributed by atoms with Gasteiger partial charge in [-0.15, -0.1) is 0 Å². The first-order chi connectivity index (χ1) is 18.3. The summed E-state index contributed by atoms with van der Waals surface area (Å²) in [4.78, 5) is 27.7. The lowest BCUT2D eigenvalue weighted by molar-refractivity contribution is 0.0951. The summed E-state index contributed by atoms with van der Waals surface area (Å²) in [5.41, 5.74) is 6.97. The molecule has 2 bridgehead atoms. The maximum absolute atomic E-state index is 12.9. The Morgan fingerprint density at radius 3 is 2.58 bits per heavy atom. The zero-order valence-electron chi connectivity index (χ0n) is 21.8. The minimum Gasteiger partial charge on any atom is -0.369 e. The van der Waals surface area contributed by atoms with E-state index in [2.05, 4.69) is 52.9 Å². The van der Waals surface area contributed by atoms with Gasteiger partial charge in [0.05, 0.1) is 11.4 Å². The van der Waals surface area contributed by atoms with Crippen LogP contribution in [-0.2, 0) is 6.54 Å². The van der Waals surface area contributed by atoms with E-state index in [0.29, 0.717) is 16.6 Å². The van der Waals surface area contributed by atoms with Crippen LogP contribution < -0.4 is 26.4 Å². The Bertz CT molecular complexity index is 1480. The van der Waals surface area contributed by atoms with Gasteiger partial charge in [0.25, 0.3) is 11.5 Å². The van der Waals surface area contributed by atoms with Crippen LogP contribution in [0.15, 0.2) is 59.4 Å². The van der Waals surface area contributed by atoms with E-state index >= 15 is 0 Å². The van der Waals surface area contributed by atoms with Crippen LogP contribution >= 0.6 is 12.2 Å². The van der Waals surface area contributed by atoms with Crippen molar-refractivity contribution >= 4 is 40.3 Å². The summed E-state index contributed by atoms with van der Waals surface area (Å²) in [6.07, 6.45) is 3.16. The van der Waals surface area contributed by atoms with Crippen molar-refractivity contribution in [2.24, 2.45) is 5.92 Å². The zero-order chi connectivity index (χ0) is 26.4. The number of nitrogens with one attached hydrogen (secondary N) is 3. The van der Waals surface area contributed by atoms with Crippen molar-refractivity contribution in [2.75, 3.05) is 28.6 Å². The number of pyridine rings is 1. The number of benzene rings is 2. The second-order valence-electron chi connectivity index (χ2n) is 11.0.